The number of nitro groups is 1. The lowest BCUT2D eigenvalue weighted by Gasteiger charge is -2.07. The molecule has 3 amide bonds. The Kier molecular flexibility index (Phi) is 4.87. The van der Waals surface area contributed by atoms with Crippen molar-refractivity contribution >= 4 is 17.6 Å². The zero-order valence-electron chi connectivity index (χ0n) is 11.7. The van der Waals surface area contributed by atoms with Crippen LogP contribution in [0.15, 0.2) is 45.9 Å². The molecule has 10 nitrogen and oxygen atoms in total. The lowest BCUT2D eigenvalue weighted by atomic mass is 10.4. The fourth-order valence-electron chi connectivity index (χ4n) is 1.70. The van der Waals surface area contributed by atoms with Crippen LogP contribution in [0.25, 0.3) is 0 Å². The highest BCUT2D eigenvalue weighted by atomic mass is 16.6. The van der Waals surface area contributed by atoms with E-state index in [1.165, 1.54) is 6.26 Å². The summed E-state index contributed by atoms with van der Waals surface area (Å²) in [5.74, 6) is -0.285. The highest BCUT2D eigenvalue weighted by Crippen LogP contribution is 2.06. The van der Waals surface area contributed by atoms with Gasteiger partial charge in [0.25, 0.3) is 11.2 Å². The van der Waals surface area contributed by atoms with E-state index in [0.717, 1.165) is 22.9 Å². The summed E-state index contributed by atoms with van der Waals surface area (Å²) >= 11 is 0. The van der Waals surface area contributed by atoms with Gasteiger partial charge in [0.2, 0.25) is 5.91 Å². The van der Waals surface area contributed by atoms with Crippen LogP contribution in [0.3, 0.4) is 0 Å². The number of pyridine rings is 1. The Morgan fingerprint density at radius 1 is 1.30 bits per heavy atom. The van der Waals surface area contributed by atoms with E-state index < -0.39 is 29.0 Å². The summed E-state index contributed by atoms with van der Waals surface area (Å²) < 4.78 is 5.84. The van der Waals surface area contributed by atoms with E-state index >= 15 is 0 Å². The molecule has 0 aliphatic heterocycles. The van der Waals surface area contributed by atoms with Crippen LogP contribution in [0.2, 0.25) is 0 Å². The summed E-state index contributed by atoms with van der Waals surface area (Å²) in [7, 11) is 0. The lowest BCUT2D eigenvalue weighted by molar-refractivity contribution is -0.385. The molecule has 2 rings (SSSR count). The maximum Gasteiger partial charge on any atom is 0.321 e. The monoisotopic (exact) mass is 320 g/mol. The minimum atomic E-state index is -0.787. The first-order chi connectivity index (χ1) is 11.0. The van der Waals surface area contributed by atoms with Crippen molar-refractivity contribution < 1.29 is 18.9 Å². The van der Waals surface area contributed by atoms with Crippen molar-refractivity contribution in [3.8, 4) is 0 Å². The molecule has 0 aromatic carbocycles. The van der Waals surface area contributed by atoms with Crippen molar-refractivity contribution in [2.75, 3.05) is 0 Å². The van der Waals surface area contributed by atoms with Crippen LogP contribution in [0.4, 0.5) is 10.5 Å². The van der Waals surface area contributed by atoms with Crippen molar-refractivity contribution in [2.24, 2.45) is 0 Å². The van der Waals surface area contributed by atoms with Gasteiger partial charge in [0.05, 0.1) is 23.9 Å². The molecule has 0 bridgehead atoms. The first-order valence-corrected chi connectivity index (χ1v) is 6.40. The van der Waals surface area contributed by atoms with Crippen molar-refractivity contribution in [1.29, 1.82) is 0 Å². The third kappa shape index (κ3) is 4.52. The van der Waals surface area contributed by atoms with Gasteiger partial charge in [0.1, 0.15) is 12.3 Å². The number of amides is 3. The zero-order valence-corrected chi connectivity index (χ0v) is 11.7. The van der Waals surface area contributed by atoms with E-state index in [9.17, 15) is 24.5 Å². The molecule has 10 heteroatoms. The van der Waals surface area contributed by atoms with E-state index in [1.54, 1.807) is 12.1 Å². The van der Waals surface area contributed by atoms with Crippen LogP contribution in [0.5, 0.6) is 0 Å². The van der Waals surface area contributed by atoms with E-state index in [0.29, 0.717) is 5.76 Å². The van der Waals surface area contributed by atoms with Crippen LogP contribution in [-0.4, -0.2) is 21.4 Å². The van der Waals surface area contributed by atoms with Crippen LogP contribution in [0.1, 0.15) is 5.76 Å². The lowest BCUT2D eigenvalue weighted by Crippen LogP contribution is -2.41. The van der Waals surface area contributed by atoms with Gasteiger partial charge >= 0.3 is 6.03 Å². The maximum absolute atomic E-state index is 11.7. The summed E-state index contributed by atoms with van der Waals surface area (Å²) in [6, 6.07) is 4.53. The number of nitrogens with zero attached hydrogens (tertiary/aromatic N) is 2. The molecular formula is C13H12N4O6. The second kappa shape index (κ2) is 7.02. The SMILES string of the molecule is O=C(Cn1cc([N+](=O)[O-])ccc1=O)NC(=O)NCc1ccco1. The van der Waals surface area contributed by atoms with E-state index in [2.05, 4.69) is 5.32 Å². The molecule has 0 saturated heterocycles. The predicted molar refractivity (Wildman–Crippen MR) is 76.4 cm³/mol. The summed E-state index contributed by atoms with van der Waals surface area (Å²) in [4.78, 5) is 44.7. The molecular weight excluding hydrogens is 308 g/mol. The highest BCUT2D eigenvalue weighted by Gasteiger charge is 2.12. The van der Waals surface area contributed by atoms with Crippen molar-refractivity contribution in [3.63, 3.8) is 0 Å². The molecule has 2 aromatic heterocycles. The summed E-state index contributed by atoms with van der Waals surface area (Å²) in [6.07, 6.45) is 2.37. The van der Waals surface area contributed by atoms with Gasteiger partial charge in [0, 0.05) is 12.1 Å². The number of hydrogen-bond donors (Lipinski definition) is 2. The van der Waals surface area contributed by atoms with Gasteiger partial charge in [-0.15, -0.1) is 0 Å². The number of hydrogen-bond acceptors (Lipinski definition) is 6. The molecule has 0 fully saturated rings. The van der Waals surface area contributed by atoms with Crippen molar-refractivity contribution in [2.45, 2.75) is 13.1 Å². The normalized spacial score (nSPS) is 10.1. The number of carbonyl (C=O) groups excluding carboxylic acids is 2. The summed E-state index contributed by atoms with van der Waals surface area (Å²) in [5, 5.41) is 15.0. The fraction of sp³-hybridized carbons (Fsp3) is 0.154. The minimum Gasteiger partial charge on any atom is -0.467 e. The van der Waals surface area contributed by atoms with Gasteiger partial charge in [0.15, 0.2) is 0 Å². The Morgan fingerprint density at radius 3 is 2.74 bits per heavy atom. The van der Waals surface area contributed by atoms with Gasteiger partial charge < -0.3 is 9.73 Å². The molecule has 0 aliphatic rings. The number of urea groups is 1. The van der Waals surface area contributed by atoms with Gasteiger partial charge in [-0.2, -0.15) is 0 Å². The summed E-state index contributed by atoms with van der Waals surface area (Å²) in [6.45, 7) is -0.433. The van der Waals surface area contributed by atoms with Gasteiger partial charge in [-0.1, -0.05) is 0 Å². The third-order valence-corrected chi connectivity index (χ3v) is 2.75. The topological polar surface area (TPSA) is 136 Å². The molecule has 0 saturated carbocycles. The van der Waals surface area contributed by atoms with Gasteiger partial charge in [-0.3, -0.25) is 29.6 Å². The average Bonchev–Trinajstić information content (AvgIpc) is 3.00. The molecule has 0 unspecified atom stereocenters. The zero-order chi connectivity index (χ0) is 16.8. The second-order valence-corrected chi connectivity index (χ2v) is 4.42. The molecule has 2 aromatic rings. The molecule has 0 spiro atoms. The number of furan rings is 1. The van der Waals surface area contributed by atoms with Crippen LogP contribution in [-0.2, 0) is 17.9 Å². The Bertz CT molecular complexity index is 780. The van der Waals surface area contributed by atoms with Crippen LogP contribution in [0, 0.1) is 10.1 Å². The molecule has 0 radical (unpaired) electrons. The van der Waals surface area contributed by atoms with Gasteiger partial charge in [-0.05, 0) is 12.1 Å². The van der Waals surface area contributed by atoms with E-state index in [-0.39, 0.29) is 12.2 Å². The number of imide groups is 1. The van der Waals surface area contributed by atoms with Crippen molar-refractivity contribution in [3.05, 3.63) is 63.0 Å². The highest BCUT2D eigenvalue weighted by molar-refractivity contribution is 5.94. The van der Waals surface area contributed by atoms with Crippen molar-refractivity contribution in [1.82, 2.24) is 15.2 Å². The van der Waals surface area contributed by atoms with Crippen LogP contribution < -0.4 is 16.2 Å². The Labute approximate surface area is 128 Å². The Hall–Kier alpha value is -3.43. The molecule has 120 valence electrons. The number of carbonyl (C=O) groups is 2. The van der Waals surface area contributed by atoms with Crippen LogP contribution >= 0.6 is 0 Å². The molecule has 2 N–H and O–H groups in total. The molecule has 0 atom stereocenters. The quantitative estimate of drug-likeness (QED) is 0.603. The Morgan fingerprint density at radius 2 is 2.09 bits per heavy atom. The largest absolute Gasteiger partial charge is 0.467 e. The molecule has 2 heterocycles. The Balaban J connectivity index is 1.91. The molecule has 0 aliphatic carbocycles. The third-order valence-electron chi connectivity index (χ3n) is 2.75. The molecule has 23 heavy (non-hydrogen) atoms. The first kappa shape index (κ1) is 15.9. The van der Waals surface area contributed by atoms with Gasteiger partial charge in [-0.25, -0.2) is 4.79 Å². The fourth-order valence-corrected chi connectivity index (χ4v) is 1.70. The predicted octanol–water partition coefficient (Wildman–Crippen LogP) is 0.375. The minimum absolute atomic E-state index is 0.0862. The standard InChI is InChI=1S/C13H12N4O6/c18-11(15-13(20)14-6-10-2-1-5-23-10)8-16-7-9(17(21)22)3-4-12(16)19/h1-5,7H,6,8H2,(H2,14,15,18,20). The average molecular weight is 320 g/mol. The number of nitrogens with one attached hydrogen (secondary N) is 2. The smallest absolute Gasteiger partial charge is 0.321 e. The van der Waals surface area contributed by atoms with E-state index in [4.69, 9.17) is 4.42 Å². The number of aromatic nitrogens is 1. The summed E-state index contributed by atoms with van der Waals surface area (Å²) in [5.41, 5.74) is -0.929. The maximum atomic E-state index is 11.7. The van der Waals surface area contributed by atoms with E-state index in [1.807, 2.05) is 5.32 Å². The number of rotatable bonds is 5. The second-order valence-electron chi connectivity index (χ2n) is 4.42. The first-order valence-electron chi connectivity index (χ1n) is 6.40.